The minimum Gasteiger partial charge on any atom is -0.497 e. The van der Waals surface area contributed by atoms with Gasteiger partial charge in [-0.15, -0.1) is 0 Å². The maximum atomic E-state index is 12.2. The van der Waals surface area contributed by atoms with Gasteiger partial charge in [0, 0.05) is 6.42 Å². The molecule has 132 valence electrons. The van der Waals surface area contributed by atoms with Crippen LogP contribution in [0.5, 0.6) is 5.75 Å². The van der Waals surface area contributed by atoms with Crippen molar-refractivity contribution in [3.05, 3.63) is 64.7 Å². The van der Waals surface area contributed by atoms with E-state index in [0.717, 1.165) is 22.4 Å². The lowest BCUT2D eigenvalue weighted by Gasteiger charge is -2.16. The van der Waals surface area contributed by atoms with Crippen molar-refractivity contribution in [1.29, 1.82) is 0 Å². The molecule has 0 heterocycles. The van der Waals surface area contributed by atoms with Crippen molar-refractivity contribution in [2.45, 2.75) is 32.7 Å². The Morgan fingerprint density at radius 3 is 2.32 bits per heavy atom. The number of rotatable bonds is 7. The minimum atomic E-state index is -1.07. The molecule has 0 fully saturated rings. The number of amides is 1. The molecule has 0 aliphatic rings. The zero-order valence-corrected chi connectivity index (χ0v) is 14.7. The molecule has 0 bridgehead atoms. The van der Waals surface area contributed by atoms with E-state index in [2.05, 4.69) is 5.32 Å². The number of benzene rings is 2. The average Bonchev–Trinajstić information content (AvgIpc) is 2.60. The van der Waals surface area contributed by atoms with Gasteiger partial charge in [-0.25, -0.2) is 4.79 Å². The Hall–Kier alpha value is -2.82. The number of hydrogen-bond acceptors (Lipinski definition) is 3. The molecule has 2 rings (SSSR count). The Balaban J connectivity index is 1.99. The van der Waals surface area contributed by atoms with Crippen molar-refractivity contribution < 1.29 is 19.4 Å². The summed E-state index contributed by atoms with van der Waals surface area (Å²) < 4.78 is 5.10. The minimum absolute atomic E-state index is 0.223. The van der Waals surface area contributed by atoms with Gasteiger partial charge in [0.2, 0.25) is 5.91 Å². The second-order valence-corrected chi connectivity index (χ2v) is 6.03. The lowest BCUT2D eigenvalue weighted by molar-refractivity contribution is -0.142. The number of aliphatic carboxylic acids is 1. The van der Waals surface area contributed by atoms with Gasteiger partial charge in [-0.2, -0.15) is 0 Å². The number of carboxylic acids is 1. The highest BCUT2D eigenvalue weighted by molar-refractivity contribution is 5.84. The Bertz CT molecular complexity index is 753. The molecule has 0 aliphatic heterocycles. The predicted molar refractivity (Wildman–Crippen MR) is 95.8 cm³/mol. The normalized spacial score (nSPS) is 11.6. The van der Waals surface area contributed by atoms with Crippen LogP contribution >= 0.6 is 0 Å². The standard InChI is InChI=1S/C20H23NO4/c1-13-4-8-16(12-14(13)2)19(20(23)24)21-18(22)11-7-15-5-9-17(25-3)10-6-15/h4-6,8-10,12,19H,7,11H2,1-3H3,(H,21,22)(H,23,24). The van der Waals surface area contributed by atoms with Gasteiger partial charge in [0.05, 0.1) is 7.11 Å². The molecule has 0 spiro atoms. The van der Waals surface area contributed by atoms with Gasteiger partial charge in [0.15, 0.2) is 6.04 Å². The first-order valence-corrected chi connectivity index (χ1v) is 8.13. The Kier molecular flexibility index (Phi) is 6.17. The van der Waals surface area contributed by atoms with Gasteiger partial charge in [-0.1, -0.05) is 30.3 Å². The maximum absolute atomic E-state index is 12.2. The lowest BCUT2D eigenvalue weighted by atomic mass is 10.0. The van der Waals surface area contributed by atoms with Gasteiger partial charge < -0.3 is 15.2 Å². The Morgan fingerprint density at radius 2 is 1.76 bits per heavy atom. The summed E-state index contributed by atoms with van der Waals surface area (Å²) in [7, 11) is 1.60. The van der Waals surface area contributed by atoms with Crippen LogP contribution in [0.3, 0.4) is 0 Å². The van der Waals surface area contributed by atoms with Crippen molar-refractivity contribution in [1.82, 2.24) is 5.32 Å². The van der Waals surface area contributed by atoms with Gasteiger partial charge >= 0.3 is 5.97 Å². The average molecular weight is 341 g/mol. The van der Waals surface area contributed by atoms with Crippen molar-refractivity contribution in [3.63, 3.8) is 0 Å². The number of hydrogen-bond donors (Lipinski definition) is 2. The Labute approximate surface area is 147 Å². The maximum Gasteiger partial charge on any atom is 0.330 e. The van der Waals surface area contributed by atoms with Crippen LogP contribution in [0, 0.1) is 13.8 Å². The van der Waals surface area contributed by atoms with Crippen LogP contribution in [0.25, 0.3) is 0 Å². The van der Waals surface area contributed by atoms with Crippen molar-refractivity contribution in [2.24, 2.45) is 0 Å². The van der Waals surface area contributed by atoms with Crippen LogP contribution in [-0.4, -0.2) is 24.1 Å². The summed E-state index contributed by atoms with van der Waals surface area (Å²) in [6, 6.07) is 11.8. The molecule has 0 aromatic heterocycles. The summed E-state index contributed by atoms with van der Waals surface area (Å²) >= 11 is 0. The summed E-state index contributed by atoms with van der Waals surface area (Å²) in [5, 5.41) is 12.1. The molecule has 2 N–H and O–H groups in total. The molecular weight excluding hydrogens is 318 g/mol. The summed E-state index contributed by atoms with van der Waals surface area (Å²) in [6.45, 7) is 3.88. The quantitative estimate of drug-likeness (QED) is 0.811. The molecule has 2 aromatic carbocycles. The van der Waals surface area contributed by atoms with E-state index in [4.69, 9.17) is 4.74 Å². The topological polar surface area (TPSA) is 75.6 Å². The molecule has 0 aliphatic carbocycles. The van der Waals surface area contributed by atoms with Crippen LogP contribution in [0.4, 0.5) is 0 Å². The first kappa shape index (κ1) is 18.5. The van der Waals surface area contributed by atoms with E-state index in [1.807, 2.05) is 44.2 Å². The number of ether oxygens (including phenoxy) is 1. The zero-order valence-electron chi connectivity index (χ0n) is 14.7. The highest BCUT2D eigenvalue weighted by Crippen LogP contribution is 2.18. The zero-order chi connectivity index (χ0) is 18.4. The van der Waals surface area contributed by atoms with E-state index in [1.165, 1.54) is 0 Å². The number of carboxylic acid groups (broad SMARTS) is 1. The van der Waals surface area contributed by atoms with Gasteiger partial charge in [-0.05, 0) is 54.7 Å². The van der Waals surface area contributed by atoms with Gasteiger partial charge in [-0.3, -0.25) is 4.79 Å². The highest BCUT2D eigenvalue weighted by atomic mass is 16.5. The van der Waals surface area contributed by atoms with Gasteiger partial charge in [0.25, 0.3) is 0 Å². The monoisotopic (exact) mass is 341 g/mol. The number of carbonyl (C=O) groups excluding carboxylic acids is 1. The molecule has 0 radical (unpaired) electrons. The van der Waals surface area contributed by atoms with Crippen LogP contribution in [-0.2, 0) is 16.0 Å². The summed E-state index contributed by atoms with van der Waals surface area (Å²) in [5.74, 6) is -0.601. The second kappa shape index (κ2) is 8.33. The largest absolute Gasteiger partial charge is 0.497 e. The Morgan fingerprint density at radius 1 is 1.08 bits per heavy atom. The van der Waals surface area contributed by atoms with E-state index >= 15 is 0 Å². The SMILES string of the molecule is COc1ccc(CCC(=O)NC(C(=O)O)c2ccc(C)c(C)c2)cc1. The van der Waals surface area contributed by atoms with Gasteiger partial charge in [0.1, 0.15) is 5.75 Å². The fraction of sp³-hybridized carbons (Fsp3) is 0.300. The third-order valence-electron chi connectivity index (χ3n) is 4.22. The molecule has 0 saturated heterocycles. The van der Waals surface area contributed by atoms with Crippen LogP contribution in [0.2, 0.25) is 0 Å². The van der Waals surface area contributed by atoms with E-state index in [0.29, 0.717) is 12.0 Å². The second-order valence-electron chi connectivity index (χ2n) is 6.03. The van der Waals surface area contributed by atoms with E-state index in [-0.39, 0.29) is 12.3 Å². The van der Waals surface area contributed by atoms with E-state index in [1.54, 1.807) is 19.2 Å². The predicted octanol–water partition coefficient (Wildman–Crippen LogP) is 3.19. The third kappa shape index (κ3) is 5.08. The molecule has 5 heteroatoms. The van der Waals surface area contributed by atoms with Crippen molar-refractivity contribution in [2.75, 3.05) is 7.11 Å². The van der Waals surface area contributed by atoms with Crippen molar-refractivity contribution in [3.8, 4) is 5.75 Å². The number of carbonyl (C=O) groups is 2. The van der Waals surface area contributed by atoms with E-state index < -0.39 is 12.0 Å². The van der Waals surface area contributed by atoms with Crippen molar-refractivity contribution >= 4 is 11.9 Å². The summed E-state index contributed by atoms with van der Waals surface area (Å²) in [6.07, 6.45) is 0.760. The van der Waals surface area contributed by atoms with E-state index in [9.17, 15) is 14.7 Å². The molecule has 1 amide bonds. The van der Waals surface area contributed by atoms with Crippen LogP contribution in [0.1, 0.15) is 34.7 Å². The highest BCUT2D eigenvalue weighted by Gasteiger charge is 2.22. The fourth-order valence-corrected chi connectivity index (χ4v) is 2.52. The lowest BCUT2D eigenvalue weighted by Crippen LogP contribution is -2.33. The first-order valence-electron chi connectivity index (χ1n) is 8.13. The first-order chi connectivity index (χ1) is 11.9. The number of methoxy groups -OCH3 is 1. The summed E-state index contributed by atoms with van der Waals surface area (Å²) in [4.78, 5) is 23.7. The summed E-state index contributed by atoms with van der Waals surface area (Å²) in [5.41, 5.74) is 3.65. The molecule has 5 nitrogen and oxygen atoms in total. The van der Waals surface area contributed by atoms with Crippen LogP contribution < -0.4 is 10.1 Å². The van der Waals surface area contributed by atoms with Crippen LogP contribution in [0.15, 0.2) is 42.5 Å². The molecule has 1 unspecified atom stereocenters. The molecule has 1 atom stereocenters. The smallest absolute Gasteiger partial charge is 0.330 e. The third-order valence-corrected chi connectivity index (χ3v) is 4.22. The number of nitrogens with one attached hydrogen (secondary N) is 1. The fourth-order valence-electron chi connectivity index (χ4n) is 2.52. The molecule has 25 heavy (non-hydrogen) atoms. The number of aryl methyl sites for hydroxylation is 3. The molecular formula is C20H23NO4. The molecule has 2 aromatic rings. The molecule has 0 saturated carbocycles.